The Hall–Kier alpha value is -2.01. The molecule has 0 aliphatic heterocycles. The van der Waals surface area contributed by atoms with E-state index in [1.807, 2.05) is 13.0 Å². The fraction of sp³-hybridized carbons (Fsp3) is 0.308. The van der Waals surface area contributed by atoms with Crippen molar-refractivity contribution in [3.63, 3.8) is 0 Å². The maximum absolute atomic E-state index is 11.9. The van der Waals surface area contributed by atoms with E-state index in [0.717, 1.165) is 10.9 Å². The number of H-pyrrole nitrogens is 1. The molecule has 3 N–H and O–H groups in total. The summed E-state index contributed by atoms with van der Waals surface area (Å²) in [6.45, 7) is 2.08. The molecule has 5 nitrogen and oxygen atoms in total. The Morgan fingerprint density at radius 2 is 2.00 bits per heavy atom. The molecule has 1 heterocycles. The van der Waals surface area contributed by atoms with Crippen LogP contribution in [0.3, 0.4) is 0 Å². The first-order valence-electron chi connectivity index (χ1n) is 5.60. The lowest BCUT2D eigenvalue weighted by Gasteiger charge is -2.12. The summed E-state index contributed by atoms with van der Waals surface area (Å²) < 4.78 is 10.5. The zero-order valence-electron chi connectivity index (χ0n) is 10.7. The second kappa shape index (κ2) is 4.70. The second-order valence-corrected chi connectivity index (χ2v) is 4.01. The van der Waals surface area contributed by atoms with Crippen molar-refractivity contribution in [1.82, 2.24) is 4.98 Å². The van der Waals surface area contributed by atoms with Crippen molar-refractivity contribution in [2.24, 2.45) is 5.73 Å². The maximum atomic E-state index is 11.9. The van der Waals surface area contributed by atoms with Gasteiger partial charge in [0.15, 0.2) is 0 Å². The van der Waals surface area contributed by atoms with E-state index in [1.54, 1.807) is 20.3 Å². The van der Waals surface area contributed by atoms with Crippen LogP contribution < -0.4 is 20.8 Å². The maximum Gasteiger partial charge on any atom is 0.253 e. The Labute approximate surface area is 105 Å². The highest BCUT2D eigenvalue weighted by atomic mass is 16.5. The molecule has 0 unspecified atom stereocenters. The largest absolute Gasteiger partial charge is 0.497 e. The lowest BCUT2D eigenvalue weighted by molar-refractivity contribution is 0.397. The fourth-order valence-electron chi connectivity index (χ4n) is 2.06. The fourth-order valence-corrected chi connectivity index (χ4v) is 2.06. The van der Waals surface area contributed by atoms with Crippen LogP contribution in [-0.2, 0) is 6.54 Å². The van der Waals surface area contributed by atoms with Gasteiger partial charge in [0.2, 0.25) is 0 Å². The molecule has 0 radical (unpaired) electrons. The van der Waals surface area contributed by atoms with Gasteiger partial charge in [-0.25, -0.2) is 0 Å². The topological polar surface area (TPSA) is 77.3 Å². The molecule has 0 spiro atoms. The average molecular weight is 248 g/mol. The number of pyridine rings is 1. The van der Waals surface area contributed by atoms with Gasteiger partial charge in [-0.2, -0.15) is 0 Å². The van der Waals surface area contributed by atoms with Crippen LogP contribution in [0.25, 0.3) is 10.9 Å². The number of aromatic nitrogens is 1. The number of aromatic amines is 1. The highest BCUT2D eigenvalue weighted by molar-refractivity contribution is 5.89. The monoisotopic (exact) mass is 248 g/mol. The van der Waals surface area contributed by atoms with Gasteiger partial charge in [0.05, 0.1) is 19.7 Å². The molecule has 0 bridgehead atoms. The number of hydrogen-bond donors (Lipinski definition) is 2. The first kappa shape index (κ1) is 12.4. The third-order valence-electron chi connectivity index (χ3n) is 3.10. The van der Waals surface area contributed by atoms with Crippen LogP contribution in [0, 0.1) is 6.92 Å². The molecular formula is C13H16N2O3. The molecule has 0 aliphatic carbocycles. The van der Waals surface area contributed by atoms with Crippen molar-refractivity contribution in [2.75, 3.05) is 14.2 Å². The standard InChI is InChI=1S/C13H16N2O3/c1-7-9-4-8(17-2)5-11(18-3)12(9)15-13(16)10(7)6-14/h4-5H,6,14H2,1-3H3,(H,15,16). The van der Waals surface area contributed by atoms with Crippen molar-refractivity contribution in [3.05, 3.63) is 33.6 Å². The van der Waals surface area contributed by atoms with Crippen LogP contribution in [0.1, 0.15) is 11.1 Å². The molecule has 2 rings (SSSR count). The summed E-state index contributed by atoms with van der Waals surface area (Å²) in [5.41, 5.74) is 7.53. The van der Waals surface area contributed by atoms with E-state index < -0.39 is 0 Å². The third-order valence-corrected chi connectivity index (χ3v) is 3.10. The lowest BCUT2D eigenvalue weighted by Crippen LogP contribution is -2.18. The van der Waals surface area contributed by atoms with Crippen LogP contribution in [-0.4, -0.2) is 19.2 Å². The normalized spacial score (nSPS) is 10.7. The molecular weight excluding hydrogens is 232 g/mol. The predicted octanol–water partition coefficient (Wildman–Crippen LogP) is 1.31. The Kier molecular flexibility index (Phi) is 3.25. The molecule has 18 heavy (non-hydrogen) atoms. The molecule has 5 heteroatoms. The predicted molar refractivity (Wildman–Crippen MR) is 70.3 cm³/mol. The third kappa shape index (κ3) is 1.82. The number of ether oxygens (including phenoxy) is 2. The molecule has 0 aliphatic rings. The minimum atomic E-state index is -0.175. The molecule has 0 amide bonds. The number of fused-ring (bicyclic) bond motifs is 1. The number of rotatable bonds is 3. The molecule has 96 valence electrons. The number of methoxy groups -OCH3 is 2. The smallest absolute Gasteiger partial charge is 0.253 e. The van der Waals surface area contributed by atoms with E-state index in [9.17, 15) is 4.79 Å². The van der Waals surface area contributed by atoms with Crippen molar-refractivity contribution in [2.45, 2.75) is 13.5 Å². The number of benzene rings is 1. The molecule has 0 atom stereocenters. The van der Waals surface area contributed by atoms with Crippen LogP contribution in [0.15, 0.2) is 16.9 Å². The first-order valence-corrected chi connectivity index (χ1v) is 5.60. The molecule has 2 aromatic rings. The van der Waals surface area contributed by atoms with Crippen LogP contribution in [0.4, 0.5) is 0 Å². The lowest BCUT2D eigenvalue weighted by atomic mass is 10.0. The molecule has 0 saturated heterocycles. The van der Waals surface area contributed by atoms with Gasteiger partial charge >= 0.3 is 0 Å². The molecule has 1 aromatic carbocycles. The van der Waals surface area contributed by atoms with Crippen molar-refractivity contribution < 1.29 is 9.47 Å². The minimum absolute atomic E-state index is 0.175. The highest BCUT2D eigenvalue weighted by Crippen LogP contribution is 2.31. The van der Waals surface area contributed by atoms with E-state index in [2.05, 4.69) is 4.98 Å². The molecule has 0 saturated carbocycles. The van der Waals surface area contributed by atoms with Gasteiger partial charge in [0.1, 0.15) is 11.5 Å². The number of nitrogens with two attached hydrogens (primary N) is 1. The van der Waals surface area contributed by atoms with Gasteiger partial charge < -0.3 is 20.2 Å². The first-order chi connectivity index (χ1) is 8.62. The Balaban J connectivity index is 2.91. The number of nitrogens with one attached hydrogen (secondary N) is 1. The zero-order chi connectivity index (χ0) is 13.3. The summed E-state index contributed by atoms with van der Waals surface area (Å²) in [5.74, 6) is 1.26. The van der Waals surface area contributed by atoms with Gasteiger partial charge in [0.25, 0.3) is 5.56 Å². The number of hydrogen-bond acceptors (Lipinski definition) is 4. The van der Waals surface area contributed by atoms with Gasteiger partial charge in [-0.15, -0.1) is 0 Å². The summed E-state index contributed by atoms with van der Waals surface area (Å²) in [7, 11) is 3.14. The van der Waals surface area contributed by atoms with Gasteiger partial charge in [-0.1, -0.05) is 0 Å². The molecule has 1 aromatic heterocycles. The summed E-state index contributed by atoms with van der Waals surface area (Å²) >= 11 is 0. The van der Waals surface area contributed by atoms with Crippen LogP contribution in [0.5, 0.6) is 11.5 Å². The minimum Gasteiger partial charge on any atom is -0.497 e. The summed E-state index contributed by atoms with van der Waals surface area (Å²) in [5, 5.41) is 0.881. The Morgan fingerprint density at radius 1 is 1.28 bits per heavy atom. The zero-order valence-corrected chi connectivity index (χ0v) is 10.7. The van der Waals surface area contributed by atoms with E-state index >= 15 is 0 Å². The number of aryl methyl sites for hydroxylation is 1. The van der Waals surface area contributed by atoms with Crippen LogP contribution in [0.2, 0.25) is 0 Å². The summed E-state index contributed by atoms with van der Waals surface area (Å²) in [6.07, 6.45) is 0. The van der Waals surface area contributed by atoms with Crippen molar-refractivity contribution in [1.29, 1.82) is 0 Å². The van der Waals surface area contributed by atoms with Crippen molar-refractivity contribution in [3.8, 4) is 11.5 Å². The highest BCUT2D eigenvalue weighted by Gasteiger charge is 2.12. The average Bonchev–Trinajstić information content (AvgIpc) is 2.38. The van der Waals surface area contributed by atoms with E-state index in [4.69, 9.17) is 15.2 Å². The second-order valence-electron chi connectivity index (χ2n) is 4.01. The van der Waals surface area contributed by atoms with E-state index in [-0.39, 0.29) is 12.1 Å². The van der Waals surface area contributed by atoms with Gasteiger partial charge in [-0.05, 0) is 18.6 Å². The van der Waals surface area contributed by atoms with Crippen LogP contribution >= 0.6 is 0 Å². The summed E-state index contributed by atoms with van der Waals surface area (Å²) in [6, 6.07) is 3.60. The van der Waals surface area contributed by atoms with E-state index in [0.29, 0.717) is 22.6 Å². The Bertz CT molecular complexity index is 647. The molecule has 0 fully saturated rings. The van der Waals surface area contributed by atoms with Gasteiger partial charge in [-0.3, -0.25) is 4.79 Å². The van der Waals surface area contributed by atoms with Crippen molar-refractivity contribution >= 4 is 10.9 Å². The SMILES string of the molecule is COc1cc(OC)c2[nH]c(=O)c(CN)c(C)c2c1. The quantitative estimate of drug-likeness (QED) is 0.858. The van der Waals surface area contributed by atoms with Gasteiger partial charge in [0, 0.05) is 23.6 Å². The Morgan fingerprint density at radius 3 is 2.56 bits per heavy atom. The van der Waals surface area contributed by atoms with E-state index in [1.165, 1.54) is 0 Å². The summed E-state index contributed by atoms with van der Waals surface area (Å²) in [4.78, 5) is 14.7.